The molecule has 0 unspecified atom stereocenters. The number of benzene rings is 1. The summed E-state index contributed by atoms with van der Waals surface area (Å²) < 4.78 is 78.8. The smallest absolute Gasteiger partial charge is 0.274 e. The third kappa shape index (κ3) is 3.69. The second-order valence-corrected chi connectivity index (χ2v) is 5.03. The van der Waals surface area contributed by atoms with Gasteiger partial charge in [0.1, 0.15) is 11.4 Å². The molecule has 0 aliphatic rings. The minimum atomic E-state index is -5.63. The van der Waals surface area contributed by atoms with Crippen molar-refractivity contribution in [3.63, 3.8) is 0 Å². The van der Waals surface area contributed by atoms with Crippen molar-refractivity contribution in [3.05, 3.63) is 70.5 Å². The summed E-state index contributed by atoms with van der Waals surface area (Å²) in [6.07, 6.45) is -11.2. The highest BCUT2D eigenvalue weighted by molar-refractivity contribution is 5.64. The Morgan fingerprint density at radius 3 is 1.89 bits per heavy atom. The van der Waals surface area contributed by atoms with Crippen LogP contribution in [-0.4, -0.2) is 19.4 Å². The highest BCUT2D eigenvalue weighted by Gasteiger charge is 2.44. The molecule has 0 aliphatic carbocycles. The summed E-state index contributed by atoms with van der Waals surface area (Å²) >= 11 is 0. The van der Waals surface area contributed by atoms with Gasteiger partial charge in [-0.1, -0.05) is 0 Å². The van der Waals surface area contributed by atoms with Gasteiger partial charge in [-0.25, -0.2) is 9.36 Å². The number of rotatable bonds is 3. The standard InChI is InChI=1S/C12H4F6N4O6/c13-11(14,15)5-1-4(21(25)26)2-6(22(27)28)9(5)20-7(12(16,17)18)3-8(23)19-10(20)24/h1-3H,(H,19,23,24). The van der Waals surface area contributed by atoms with Crippen LogP contribution >= 0.6 is 0 Å². The van der Waals surface area contributed by atoms with Crippen molar-refractivity contribution in [3.8, 4) is 5.69 Å². The zero-order valence-corrected chi connectivity index (χ0v) is 12.8. The molecule has 2 aromatic rings. The Hall–Kier alpha value is -3.72. The number of halogens is 6. The fourth-order valence-corrected chi connectivity index (χ4v) is 2.23. The van der Waals surface area contributed by atoms with Gasteiger partial charge in [-0.3, -0.25) is 30.0 Å². The first-order valence-electron chi connectivity index (χ1n) is 6.62. The molecule has 0 amide bonds. The number of non-ortho nitro benzene ring substituents is 1. The van der Waals surface area contributed by atoms with Crippen LogP contribution in [0.25, 0.3) is 5.69 Å². The van der Waals surface area contributed by atoms with E-state index in [0.717, 1.165) is 0 Å². The molecule has 1 aromatic carbocycles. The first-order chi connectivity index (χ1) is 12.6. The Kier molecular flexibility index (Phi) is 4.75. The molecule has 150 valence electrons. The molecule has 0 atom stereocenters. The lowest BCUT2D eigenvalue weighted by Gasteiger charge is -2.18. The molecule has 28 heavy (non-hydrogen) atoms. The molecular weight excluding hydrogens is 410 g/mol. The molecule has 1 heterocycles. The molecule has 0 aliphatic heterocycles. The number of hydrogen-bond acceptors (Lipinski definition) is 6. The van der Waals surface area contributed by atoms with E-state index in [1.54, 1.807) is 0 Å². The lowest BCUT2D eigenvalue weighted by molar-refractivity contribution is -0.394. The van der Waals surface area contributed by atoms with Crippen molar-refractivity contribution in [2.75, 3.05) is 0 Å². The molecule has 1 aromatic heterocycles. The van der Waals surface area contributed by atoms with Crippen LogP contribution < -0.4 is 11.2 Å². The number of nitro groups is 2. The molecule has 0 radical (unpaired) electrons. The number of hydrogen-bond donors (Lipinski definition) is 1. The van der Waals surface area contributed by atoms with Crippen molar-refractivity contribution in [1.29, 1.82) is 0 Å². The van der Waals surface area contributed by atoms with E-state index >= 15 is 0 Å². The van der Waals surface area contributed by atoms with Crippen LogP contribution in [0.3, 0.4) is 0 Å². The van der Waals surface area contributed by atoms with Crippen LogP contribution in [0.15, 0.2) is 27.8 Å². The fraction of sp³-hybridized carbons (Fsp3) is 0.167. The third-order valence-corrected chi connectivity index (χ3v) is 3.24. The van der Waals surface area contributed by atoms with E-state index < -0.39 is 66.3 Å². The Balaban J connectivity index is 3.18. The van der Waals surface area contributed by atoms with Gasteiger partial charge in [-0.15, -0.1) is 0 Å². The second-order valence-electron chi connectivity index (χ2n) is 5.03. The average molecular weight is 414 g/mol. The summed E-state index contributed by atoms with van der Waals surface area (Å²) in [5.41, 5.74) is -13.4. The molecule has 1 N–H and O–H groups in total. The predicted molar refractivity (Wildman–Crippen MR) is 76.0 cm³/mol. The van der Waals surface area contributed by atoms with Gasteiger partial charge in [0.15, 0.2) is 0 Å². The maximum Gasteiger partial charge on any atom is 0.432 e. The summed E-state index contributed by atoms with van der Waals surface area (Å²) in [5, 5.41) is 21.9. The van der Waals surface area contributed by atoms with Crippen molar-refractivity contribution < 1.29 is 36.2 Å². The van der Waals surface area contributed by atoms with Crippen molar-refractivity contribution >= 4 is 11.4 Å². The summed E-state index contributed by atoms with van der Waals surface area (Å²) in [5.74, 6) is 0. The first kappa shape index (κ1) is 20.6. The Bertz CT molecular complexity index is 1100. The molecule has 2 rings (SSSR count). The van der Waals surface area contributed by atoms with Gasteiger partial charge in [-0.2, -0.15) is 26.3 Å². The molecular formula is C12H4F6N4O6. The Morgan fingerprint density at radius 1 is 0.893 bits per heavy atom. The van der Waals surface area contributed by atoms with E-state index in [4.69, 9.17) is 0 Å². The van der Waals surface area contributed by atoms with Crippen LogP contribution in [0.2, 0.25) is 0 Å². The number of alkyl halides is 6. The van der Waals surface area contributed by atoms with Crippen LogP contribution in [0.4, 0.5) is 37.7 Å². The van der Waals surface area contributed by atoms with Crippen LogP contribution in [0.5, 0.6) is 0 Å². The fourth-order valence-electron chi connectivity index (χ4n) is 2.23. The third-order valence-electron chi connectivity index (χ3n) is 3.24. The van der Waals surface area contributed by atoms with E-state index in [1.807, 2.05) is 0 Å². The highest BCUT2D eigenvalue weighted by atomic mass is 19.4. The molecule has 16 heteroatoms. The zero-order chi connectivity index (χ0) is 21.6. The molecule has 0 fully saturated rings. The van der Waals surface area contributed by atoms with Crippen LogP contribution in [0.1, 0.15) is 11.3 Å². The summed E-state index contributed by atoms with van der Waals surface area (Å²) in [4.78, 5) is 43.1. The quantitative estimate of drug-likeness (QED) is 0.464. The second kappa shape index (κ2) is 6.46. The normalized spacial score (nSPS) is 12.1. The van der Waals surface area contributed by atoms with E-state index in [0.29, 0.717) is 0 Å². The lowest BCUT2D eigenvalue weighted by Crippen LogP contribution is -2.35. The molecule has 0 saturated heterocycles. The van der Waals surface area contributed by atoms with Crippen LogP contribution in [0, 0.1) is 20.2 Å². The predicted octanol–water partition coefficient (Wildman–Crippen LogP) is 2.38. The number of nitro benzene ring substituents is 2. The number of aromatic nitrogens is 2. The minimum absolute atomic E-state index is 0.0394. The van der Waals surface area contributed by atoms with Crippen molar-refractivity contribution in [1.82, 2.24) is 9.55 Å². The molecule has 0 spiro atoms. The highest BCUT2D eigenvalue weighted by Crippen LogP contribution is 2.42. The monoisotopic (exact) mass is 414 g/mol. The minimum Gasteiger partial charge on any atom is -0.274 e. The molecule has 0 bridgehead atoms. The van der Waals surface area contributed by atoms with E-state index in [9.17, 15) is 56.2 Å². The Labute approximate surface area is 146 Å². The maximum atomic E-state index is 13.3. The van der Waals surface area contributed by atoms with Gasteiger partial charge in [-0.05, 0) is 0 Å². The summed E-state index contributed by atoms with van der Waals surface area (Å²) in [7, 11) is 0. The lowest BCUT2D eigenvalue weighted by atomic mass is 10.1. The Morgan fingerprint density at radius 2 is 1.46 bits per heavy atom. The SMILES string of the molecule is O=c1cc(C(F)(F)F)n(-c2c([N+](=O)[O-])cc([N+](=O)[O-])cc2C(F)(F)F)c(=O)[nH]1. The van der Waals surface area contributed by atoms with E-state index in [-0.39, 0.29) is 18.2 Å². The van der Waals surface area contributed by atoms with Gasteiger partial charge < -0.3 is 0 Å². The van der Waals surface area contributed by atoms with Gasteiger partial charge in [0.25, 0.3) is 11.2 Å². The topological polar surface area (TPSA) is 141 Å². The molecule has 10 nitrogen and oxygen atoms in total. The van der Waals surface area contributed by atoms with Gasteiger partial charge in [0.2, 0.25) is 0 Å². The maximum absolute atomic E-state index is 13.3. The largest absolute Gasteiger partial charge is 0.432 e. The van der Waals surface area contributed by atoms with E-state index in [1.165, 1.54) is 4.98 Å². The zero-order valence-electron chi connectivity index (χ0n) is 12.8. The van der Waals surface area contributed by atoms with Gasteiger partial charge >= 0.3 is 23.7 Å². The van der Waals surface area contributed by atoms with Crippen molar-refractivity contribution in [2.45, 2.75) is 12.4 Å². The van der Waals surface area contributed by atoms with Crippen LogP contribution in [-0.2, 0) is 12.4 Å². The number of H-pyrrole nitrogens is 1. The summed E-state index contributed by atoms with van der Waals surface area (Å²) in [6.45, 7) is 0. The van der Waals surface area contributed by atoms with Gasteiger partial charge in [0.05, 0.1) is 21.5 Å². The number of nitrogens with one attached hydrogen (secondary N) is 1. The van der Waals surface area contributed by atoms with Crippen molar-refractivity contribution in [2.24, 2.45) is 0 Å². The number of aromatic amines is 1. The summed E-state index contributed by atoms with van der Waals surface area (Å²) in [6, 6.07) is -0.588. The first-order valence-corrected chi connectivity index (χ1v) is 6.62. The molecule has 0 saturated carbocycles. The van der Waals surface area contributed by atoms with Gasteiger partial charge in [0, 0.05) is 12.1 Å². The average Bonchev–Trinajstić information content (AvgIpc) is 2.51. The van der Waals surface area contributed by atoms with E-state index in [2.05, 4.69) is 0 Å². The number of nitrogens with zero attached hydrogens (tertiary/aromatic N) is 3.